The first kappa shape index (κ1) is 13.4. The van der Waals surface area contributed by atoms with Crippen LogP contribution in [0.2, 0.25) is 0 Å². The van der Waals surface area contributed by atoms with Gasteiger partial charge in [-0.3, -0.25) is 4.79 Å². The maximum atomic E-state index is 12.1. The van der Waals surface area contributed by atoms with Crippen molar-refractivity contribution in [1.82, 2.24) is 4.90 Å². The van der Waals surface area contributed by atoms with Gasteiger partial charge in [0, 0.05) is 19.5 Å². The summed E-state index contributed by atoms with van der Waals surface area (Å²) in [5, 5.41) is 0. The first-order valence-electron chi connectivity index (χ1n) is 6.54. The third-order valence-electron chi connectivity index (χ3n) is 3.69. The standard InChI is InChI=1S/C14H23NO3/c1-12(2,3)18-11(17)15-8-14(9-15)7-13(4,5)6-10(14)16/h6-9H2,1-5H3. The molecule has 1 saturated carbocycles. The number of nitrogens with zero attached hydrogens (tertiary/aromatic N) is 1. The third kappa shape index (κ3) is 2.38. The average Bonchev–Trinajstić information content (AvgIpc) is 2.29. The van der Waals surface area contributed by atoms with E-state index in [4.69, 9.17) is 4.74 Å². The maximum Gasteiger partial charge on any atom is 0.410 e. The van der Waals surface area contributed by atoms with Crippen LogP contribution in [-0.2, 0) is 9.53 Å². The summed E-state index contributed by atoms with van der Waals surface area (Å²) in [7, 11) is 0. The van der Waals surface area contributed by atoms with Gasteiger partial charge in [0.1, 0.15) is 11.4 Å². The van der Waals surface area contributed by atoms with Crippen molar-refractivity contribution in [1.29, 1.82) is 0 Å². The molecule has 4 nitrogen and oxygen atoms in total. The smallest absolute Gasteiger partial charge is 0.410 e. The predicted molar refractivity (Wildman–Crippen MR) is 68.3 cm³/mol. The van der Waals surface area contributed by atoms with Gasteiger partial charge in [0.05, 0.1) is 5.41 Å². The van der Waals surface area contributed by atoms with E-state index >= 15 is 0 Å². The van der Waals surface area contributed by atoms with Crippen molar-refractivity contribution in [2.45, 2.75) is 53.1 Å². The van der Waals surface area contributed by atoms with Gasteiger partial charge in [-0.2, -0.15) is 0 Å². The number of rotatable bonds is 0. The molecule has 18 heavy (non-hydrogen) atoms. The second kappa shape index (κ2) is 3.72. The predicted octanol–water partition coefficient (Wildman–Crippen LogP) is 2.61. The molecule has 1 heterocycles. The minimum atomic E-state index is -0.473. The Labute approximate surface area is 109 Å². The zero-order valence-electron chi connectivity index (χ0n) is 12.0. The van der Waals surface area contributed by atoms with Gasteiger partial charge in [-0.25, -0.2) is 4.79 Å². The van der Waals surface area contributed by atoms with Crippen molar-refractivity contribution >= 4 is 11.9 Å². The molecule has 0 aromatic carbocycles. The van der Waals surface area contributed by atoms with Gasteiger partial charge in [-0.15, -0.1) is 0 Å². The molecule has 1 aliphatic heterocycles. The molecule has 1 spiro atoms. The van der Waals surface area contributed by atoms with Crippen LogP contribution < -0.4 is 0 Å². The highest BCUT2D eigenvalue weighted by atomic mass is 16.6. The lowest BCUT2D eigenvalue weighted by Gasteiger charge is -2.47. The van der Waals surface area contributed by atoms with Crippen LogP contribution in [0.5, 0.6) is 0 Å². The Balaban J connectivity index is 1.95. The van der Waals surface area contributed by atoms with Crippen LogP contribution in [-0.4, -0.2) is 35.5 Å². The van der Waals surface area contributed by atoms with E-state index in [-0.39, 0.29) is 16.9 Å². The van der Waals surface area contributed by atoms with Crippen LogP contribution in [0.1, 0.15) is 47.5 Å². The number of likely N-dealkylation sites (tertiary alicyclic amines) is 1. The van der Waals surface area contributed by atoms with Gasteiger partial charge in [0.2, 0.25) is 0 Å². The van der Waals surface area contributed by atoms with Gasteiger partial charge in [0.15, 0.2) is 0 Å². The highest BCUT2D eigenvalue weighted by molar-refractivity contribution is 5.91. The second-order valence-corrected chi connectivity index (χ2v) is 7.56. The molecule has 2 rings (SSSR count). The van der Waals surface area contributed by atoms with Crippen LogP contribution in [0, 0.1) is 10.8 Å². The minimum absolute atomic E-state index is 0.0805. The van der Waals surface area contributed by atoms with E-state index < -0.39 is 5.60 Å². The molecule has 2 aliphatic rings. The van der Waals surface area contributed by atoms with Crippen LogP contribution in [0.25, 0.3) is 0 Å². The summed E-state index contributed by atoms with van der Waals surface area (Å²) in [5.74, 6) is 0.312. The topological polar surface area (TPSA) is 46.6 Å². The Bertz CT molecular complexity index is 386. The highest BCUT2D eigenvalue weighted by Crippen LogP contribution is 2.51. The summed E-state index contributed by atoms with van der Waals surface area (Å²) in [6.07, 6.45) is 1.22. The van der Waals surface area contributed by atoms with Gasteiger partial charge >= 0.3 is 6.09 Å². The molecule has 0 radical (unpaired) electrons. The Hall–Kier alpha value is -1.06. The second-order valence-electron chi connectivity index (χ2n) is 7.56. The Morgan fingerprint density at radius 1 is 1.28 bits per heavy atom. The average molecular weight is 253 g/mol. The molecule has 2 fully saturated rings. The molecule has 0 atom stereocenters. The fourth-order valence-electron chi connectivity index (χ4n) is 3.13. The van der Waals surface area contributed by atoms with E-state index in [9.17, 15) is 9.59 Å². The quantitative estimate of drug-likeness (QED) is 0.666. The summed E-state index contributed by atoms with van der Waals surface area (Å²) >= 11 is 0. The van der Waals surface area contributed by atoms with E-state index in [1.54, 1.807) is 4.90 Å². The number of hydrogen-bond acceptors (Lipinski definition) is 3. The van der Waals surface area contributed by atoms with Gasteiger partial charge in [-0.05, 0) is 32.6 Å². The molecule has 0 unspecified atom stereocenters. The van der Waals surface area contributed by atoms with Gasteiger partial charge in [-0.1, -0.05) is 13.8 Å². The lowest BCUT2D eigenvalue weighted by Crippen LogP contribution is -2.61. The fourth-order valence-corrected chi connectivity index (χ4v) is 3.13. The molecule has 1 saturated heterocycles. The number of amides is 1. The van der Waals surface area contributed by atoms with E-state index in [1.807, 2.05) is 20.8 Å². The molecule has 1 aliphatic carbocycles. The van der Waals surface area contributed by atoms with Crippen LogP contribution in [0.4, 0.5) is 4.79 Å². The number of Topliss-reactive ketones (excluding diaryl/α,β-unsaturated/α-hetero) is 1. The first-order valence-corrected chi connectivity index (χ1v) is 6.54. The SMILES string of the molecule is CC1(C)CC(=O)C2(CN(C(=O)OC(C)(C)C)C2)C1. The number of ketones is 1. The molecule has 4 heteroatoms. The summed E-state index contributed by atoms with van der Waals surface area (Å²) in [6.45, 7) is 10.9. The van der Waals surface area contributed by atoms with Crippen molar-refractivity contribution in [3.8, 4) is 0 Å². The summed E-state index contributed by atoms with van der Waals surface area (Å²) in [5.41, 5.74) is -0.670. The molecule has 102 valence electrons. The van der Waals surface area contributed by atoms with E-state index in [0.29, 0.717) is 25.3 Å². The maximum absolute atomic E-state index is 12.1. The molecule has 0 aromatic heterocycles. The number of carbonyl (C=O) groups is 2. The van der Waals surface area contributed by atoms with E-state index in [2.05, 4.69) is 13.8 Å². The van der Waals surface area contributed by atoms with Crippen molar-refractivity contribution < 1.29 is 14.3 Å². The van der Waals surface area contributed by atoms with Gasteiger partial charge in [0.25, 0.3) is 0 Å². The highest BCUT2D eigenvalue weighted by Gasteiger charge is 2.58. The molecular weight excluding hydrogens is 230 g/mol. The summed E-state index contributed by atoms with van der Waals surface area (Å²) in [4.78, 5) is 25.6. The van der Waals surface area contributed by atoms with Crippen molar-refractivity contribution in [2.24, 2.45) is 10.8 Å². The van der Waals surface area contributed by atoms with Crippen LogP contribution in [0.3, 0.4) is 0 Å². The molecule has 0 bridgehead atoms. The first-order chi connectivity index (χ1) is 8.03. The normalized spacial score (nSPS) is 25.2. The van der Waals surface area contributed by atoms with E-state index in [1.165, 1.54) is 0 Å². The Kier molecular flexibility index (Phi) is 2.76. The lowest BCUT2D eigenvalue weighted by atomic mass is 9.75. The largest absolute Gasteiger partial charge is 0.444 e. The lowest BCUT2D eigenvalue weighted by molar-refractivity contribution is -0.134. The number of hydrogen-bond donors (Lipinski definition) is 0. The zero-order chi connectivity index (χ0) is 13.8. The summed E-state index contributed by atoms with van der Waals surface area (Å²) < 4.78 is 5.31. The zero-order valence-corrected chi connectivity index (χ0v) is 12.0. The van der Waals surface area contributed by atoms with Gasteiger partial charge < -0.3 is 9.64 Å². The molecule has 0 aromatic rings. The number of carbonyl (C=O) groups excluding carboxylic acids is 2. The van der Waals surface area contributed by atoms with E-state index in [0.717, 1.165) is 6.42 Å². The Morgan fingerprint density at radius 2 is 1.83 bits per heavy atom. The molecule has 1 amide bonds. The minimum Gasteiger partial charge on any atom is -0.444 e. The fraction of sp³-hybridized carbons (Fsp3) is 0.857. The van der Waals surface area contributed by atoms with Crippen LogP contribution in [0.15, 0.2) is 0 Å². The van der Waals surface area contributed by atoms with Crippen molar-refractivity contribution in [3.63, 3.8) is 0 Å². The monoisotopic (exact) mass is 253 g/mol. The molecule has 0 N–H and O–H groups in total. The van der Waals surface area contributed by atoms with Crippen molar-refractivity contribution in [2.75, 3.05) is 13.1 Å². The van der Waals surface area contributed by atoms with Crippen LogP contribution >= 0.6 is 0 Å². The summed E-state index contributed by atoms with van der Waals surface area (Å²) in [6, 6.07) is 0. The Morgan fingerprint density at radius 3 is 2.22 bits per heavy atom. The van der Waals surface area contributed by atoms with Crippen molar-refractivity contribution in [3.05, 3.63) is 0 Å². The molecular formula is C14H23NO3. The number of ether oxygens (including phenoxy) is 1. The third-order valence-corrected chi connectivity index (χ3v) is 3.69.